The molecular formula is C27H27N3O4. The molecule has 34 heavy (non-hydrogen) atoms. The van der Waals surface area contributed by atoms with E-state index in [4.69, 9.17) is 4.74 Å². The summed E-state index contributed by atoms with van der Waals surface area (Å²) in [5, 5.41) is 11.4. The third-order valence-electron chi connectivity index (χ3n) is 5.85. The van der Waals surface area contributed by atoms with Crippen LogP contribution in [0.25, 0.3) is 5.76 Å². The molecule has 1 aliphatic rings. The molecule has 0 aliphatic carbocycles. The van der Waals surface area contributed by atoms with Crippen LogP contribution in [0.1, 0.15) is 55.0 Å². The first kappa shape index (κ1) is 23.2. The van der Waals surface area contributed by atoms with Gasteiger partial charge in [0, 0.05) is 36.9 Å². The number of hydrogen-bond acceptors (Lipinski definition) is 6. The zero-order valence-corrected chi connectivity index (χ0v) is 19.4. The van der Waals surface area contributed by atoms with Crippen molar-refractivity contribution in [2.75, 3.05) is 6.61 Å². The van der Waals surface area contributed by atoms with Crippen LogP contribution in [0.2, 0.25) is 0 Å². The first-order chi connectivity index (χ1) is 16.4. The fourth-order valence-electron chi connectivity index (χ4n) is 4.20. The number of nitrogens with zero attached hydrogens (tertiary/aromatic N) is 3. The van der Waals surface area contributed by atoms with Crippen molar-refractivity contribution >= 4 is 17.4 Å². The Morgan fingerprint density at radius 2 is 1.85 bits per heavy atom. The third-order valence-corrected chi connectivity index (χ3v) is 5.85. The van der Waals surface area contributed by atoms with Crippen LogP contribution in [0.4, 0.5) is 0 Å². The average Bonchev–Trinajstić information content (AvgIpc) is 3.10. The van der Waals surface area contributed by atoms with Crippen LogP contribution in [-0.2, 0) is 16.1 Å². The Balaban J connectivity index is 1.85. The number of carbonyl (C=O) groups is 2. The summed E-state index contributed by atoms with van der Waals surface area (Å²) in [5.41, 5.74) is 2.89. The number of pyridine rings is 2. The highest BCUT2D eigenvalue weighted by molar-refractivity contribution is 6.46. The molecule has 7 nitrogen and oxygen atoms in total. The van der Waals surface area contributed by atoms with Gasteiger partial charge in [-0.15, -0.1) is 0 Å². The van der Waals surface area contributed by atoms with Gasteiger partial charge in [-0.3, -0.25) is 19.6 Å². The van der Waals surface area contributed by atoms with Crippen LogP contribution in [0.3, 0.4) is 0 Å². The summed E-state index contributed by atoms with van der Waals surface area (Å²) >= 11 is 0. The fourth-order valence-corrected chi connectivity index (χ4v) is 4.20. The Bertz CT molecular complexity index is 1220. The van der Waals surface area contributed by atoms with Gasteiger partial charge in [0.1, 0.15) is 11.5 Å². The number of ketones is 1. The summed E-state index contributed by atoms with van der Waals surface area (Å²) in [6.07, 6.45) is 6.51. The molecule has 3 heterocycles. The van der Waals surface area contributed by atoms with Gasteiger partial charge in [-0.05, 0) is 65.9 Å². The van der Waals surface area contributed by atoms with Gasteiger partial charge in [-0.25, -0.2) is 0 Å². The van der Waals surface area contributed by atoms with E-state index in [1.54, 1.807) is 61.2 Å². The SMILES string of the molecule is CCOc1ccc(/C(O)=C2/C(=O)C(=O)N(Cc3ccncc3)C2c2cccnc2)cc1C(C)C. The number of aliphatic hydroxyl groups excluding tert-OH is 1. The van der Waals surface area contributed by atoms with Crippen LogP contribution in [0.15, 0.2) is 72.8 Å². The molecule has 1 aliphatic heterocycles. The second kappa shape index (κ2) is 9.87. The molecule has 0 radical (unpaired) electrons. The minimum absolute atomic E-state index is 0.0472. The molecule has 0 bridgehead atoms. The van der Waals surface area contributed by atoms with Gasteiger partial charge in [0.15, 0.2) is 0 Å². The minimum atomic E-state index is -0.768. The van der Waals surface area contributed by atoms with E-state index in [1.165, 1.54) is 4.90 Å². The van der Waals surface area contributed by atoms with Gasteiger partial charge in [0.2, 0.25) is 0 Å². The van der Waals surface area contributed by atoms with Crippen molar-refractivity contribution in [2.45, 2.75) is 39.3 Å². The molecule has 1 saturated heterocycles. The lowest BCUT2D eigenvalue weighted by Crippen LogP contribution is -2.29. The molecule has 1 unspecified atom stereocenters. The van der Waals surface area contributed by atoms with Crippen molar-refractivity contribution in [1.29, 1.82) is 0 Å². The molecular weight excluding hydrogens is 430 g/mol. The minimum Gasteiger partial charge on any atom is -0.507 e. The van der Waals surface area contributed by atoms with E-state index >= 15 is 0 Å². The number of carbonyl (C=O) groups excluding carboxylic acids is 2. The molecule has 0 saturated carbocycles. The summed E-state index contributed by atoms with van der Waals surface area (Å²) < 4.78 is 5.73. The molecule has 1 amide bonds. The number of benzene rings is 1. The molecule has 1 atom stereocenters. The van der Waals surface area contributed by atoms with Gasteiger partial charge >= 0.3 is 0 Å². The van der Waals surface area contributed by atoms with Crippen LogP contribution >= 0.6 is 0 Å². The van der Waals surface area contributed by atoms with Crippen molar-refractivity contribution in [3.8, 4) is 5.75 Å². The van der Waals surface area contributed by atoms with Gasteiger partial charge < -0.3 is 14.7 Å². The van der Waals surface area contributed by atoms with Crippen LogP contribution in [-0.4, -0.2) is 38.3 Å². The van der Waals surface area contributed by atoms with E-state index in [9.17, 15) is 14.7 Å². The summed E-state index contributed by atoms with van der Waals surface area (Å²) in [4.78, 5) is 36.0. The maximum absolute atomic E-state index is 13.2. The summed E-state index contributed by atoms with van der Waals surface area (Å²) in [7, 11) is 0. The Kier molecular flexibility index (Phi) is 6.72. The van der Waals surface area contributed by atoms with Crippen molar-refractivity contribution in [3.63, 3.8) is 0 Å². The predicted molar refractivity (Wildman–Crippen MR) is 128 cm³/mol. The molecule has 1 fully saturated rings. The lowest BCUT2D eigenvalue weighted by Gasteiger charge is -2.25. The molecule has 3 aromatic rings. The number of ether oxygens (including phenoxy) is 1. The van der Waals surface area contributed by atoms with E-state index in [-0.39, 0.29) is 23.8 Å². The Morgan fingerprint density at radius 1 is 1.09 bits per heavy atom. The Hall–Kier alpha value is -4.00. The first-order valence-electron chi connectivity index (χ1n) is 11.3. The summed E-state index contributed by atoms with van der Waals surface area (Å²) in [6, 6.07) is 11.7. The monoisotopic (exact) mass is 457 g/mol. The van der Waals surface area contributed by atoms with E-state index in [0.29, 0.717) is 17.7 Å². The van der Waals surface area contributed by atoms with Crippen molar-refractivity contribution < 1.29 is 19.4 Å². The number of hydrogen-bond donors (Lipinski definition) is 1. The largest absolute Gasteiger partial charge is 0.507 e. The summed E-state index contributed by atoms with van der Waals surface area (Å²) in [6.45, 7) is 6.70. The van der Waals surface area contributed by atoms with E-state index in [0.717, 1.165) is 16.9 Å². The molecule has 4 rings (SSSR count). The van der Waals surface area contributed by atoms with Crippen molar-refractivity contribution in [1.82, 2.24) is 14.9 Å². The Morgan fingerprint density at radius 3 is 2.50 bits per heavy atom. The van der Waals surface area contributed by atoms with Crippen molar-refractivity contribution in [3.05, 3.63) is 95.1 Å². The van der Waals surface area contributed by atoms with E-state index in [1.807, 2.05) is 26.8 Å². The van der Waals surface area contributed by atoms with Gasteiger partial charge in [0.05, 0.1) is 18.2 Å². The normalized spacial score (nSPS) is 17.4. The molecule has 1 aromatic carbocycles. The number of aliphatic hydroxyl groups is 1. The second-order valence-electron chi connectivity index (χ2n) is 8.41. The number of Topliss-reactive ketones (excluding diaryl/α,β-unsaturated/α-hetero) is 1. The maximum Gasteiger partial charge on any atom is 0.295 e. The Labute approximate surface area is 198 Å². The number of aromatic nitrogens is 2. The zero-order valence-electron chi connectivity index (χ0n) is 19.4. The smallest absolute Gasteiger partial charge is 0.295 e. The highest BCUT2D eigenvalue weighted by Gasteiger charge is 2.46. The average molecular weight is 458 g/mol. The first-order valence-corrected chi connectivity index (χ1v) is 11.3. The molecule has 174 valence electrons. The van der Waals surface area contributed by atoms with Crippen LogP contribution in [0, 0.1) is 0 Å². The highest BCUT2D eigenvalue weighted by atomic mass is 16.5. The maximum atomic E-state index is 13.2. The highest BCUT2D eigenvalue weighted by Crippen LogP contribution is 2.41. The molecule has 0 spiro atoms. The quantitative estimate of drug-likeness (QED) is 0.316. The molecule has 2 aromatic heterocycles. The molecule has 1 N–H and O–H groups in total. The number of rotatable bonds is 7. The lowest BCUT2D eigenvalue weighted by atomic mass is 9.93. The van der Waals surface area contributed by atoms with E-state index < -0.39 is 17.7 Å². The second-order valence-corrected chi connectivity index (χ2v) is 8.41. The number of amides is 1. The fraction of sp³-hybridized carbons (Fsp3) is 0.259. The topological polar surface area (TPSA) is 92.6 Å². The third kappa shape index (κ3) is 4.41. The van der Waals surface area contributed by atoms with Crippen LogP contribution < -0.4 is 4.74 Å². The van der Waals surface area contributed by atoms with Crippen molar-refractivity contribution in [2.24, 2.45) is 0 Å². The lowest BCUT2D eigenvalue weighted by molar-refractivity contribution is -0.140. The number of likely N-dealkylation sites (tertiary alicyclic amines) is 1. The van der Waals surface area contributed by atoms with Crippen LogP contribution in [0.5, 0.6) is 5.75 Å². The predicted octanol–water partition coefficient (Wildman–Crippen LogP) is 4.62. The van der Waals surface area contributed by atoms with Gasteiger partial charge in [-0.1, -0.05) is 19.9 Å². The standard InChI is InChI=1S/C27H27N3O4/c1-4-34-22-8-7-19(14-21(22)17(2)3)25(31)23-24(20-6-5-11-29-15-20)30(27(33)26(23)32)16-18-9-12-28-13-10-18/h5-15,17,24,31H,4,16H2,1-3H3/b25-23-. The van der Waals surface area contributed by atoms with Gasteiger partial charge in [-0.2, -0.15) is 0 Å². The summed E-state index contributed by atoms with van der Waals surface area (Å²) in [5.74, 6) is -0.731. The van der Waals surface area contributed by atoms with Gasteiger partial charge in [0.25, 0.3) is 11.7 Å². The zero-order chi connectivity index (χ0) is 24.2. The molecule has 7 heteroatoms. The van der Waals surface area contributed by atoms with E-state index in [2.05, 4.69) is 9.97 Å².